The van der Waals surface area contributed by atoms with Crippen LogP contribution in [0.5, 0.6) is 0 Å². The summed E-state index contributed by atoms with van der Waals surface area (Å²) in [6, 6.07) is 0. The fourth-order valence-electron chi connectivity index (χ4n) is 2.17. The molecule has 9 heavy (non-hydrogen) atoms. The monoisotopic (exact) mass is 125 g/mol. The normalized spacial score (nSPS) is 49.7. The second-order valence-corrected chi connectivity index (χ2v) is 3.84. The Kier molecular flexibility index (Phi) is 1.10. The van der Waals surface area contributed by atoms with Crippen LogP contribution in [0.3, 0.4) is 0 Å². The summed E-state index contributed by atoms with van der Waals surface area (Å²) < 4.78 is 0. The molecule has 2 atom stereocenters. The molecule has 1 aliphatic heterocycles. The Morgan fingerprint density at radius 2 is 2.33 bits per heavy atom. The average Bonchev–Trinajstić information content (AvgIpc) is 1.82. The van der Waals surface area contributed by atoms with E-state index >= 15 is 0 Å². The minimum absolute atomic E-state index is 0.755. The molecular formula is C8H15N. The predicted octanol–water partition coefficient (Wildman–Crippen LogP) is 1.40. The van der Waals surface area contributed by atoms with E-state index in [2.05, 4.69) is 12.2 Å². The van der Waals surface area contributed by atoms with E-state index in [1.807, 2.05) is 0 Å². The molecule has 0 spiro atoms. The average molecular weight is 125 g/mol. The maximum Gasteiger partial charge on any atom is -0.00153 e. The molecule has 1 heterocycles. The largest absolute Gasteiger partial charge is 0.316 e. The van der Waals surface area contributed by atoms with Crippen LogP contribution in [-0.2, 0) is 0 Å². The molecule has 1 aliphatic carbocycles. The van der Waals surface area contributed by atoms with Gasteiger partial charge in [0.2, 0.25) is 0 Å². The highest BCUT2D eigenvalue weighted by Gasteiger charge is 2.43. The van der Waals surface area contributed by atoms with Gasteiger partial charge in [0.25, 0.3) is 0 Å². The number of fused-ring (bicyclic) bond motifs is 1. The molecule has 0 bridgehead atoms. The lowest BCUT2D eigenvalue weighted by Gasteiger charge is -2.50. The highest BCUT2D eigenvalue weighted by atomic mass is 14.9. The van der Waals surface area contributed by atoms with Gasteiger partial charge in [-0.25, -0.2) is 0 Å². The molecule has 0 radical (unpaired) electrons. The van der Waals surface area contributed by atoms with Gasteiger partial charge in [0.1, 0.15) is 0 Å². The van der Waals surface area contributed by atoms with Crippen molar-refractivity contribution in [3.05, 3.63) is 0 Å². The van der Waals surface area contributed by atoms with Gasteiger partial charge in [-0.15, -0.1) is 0 Å². The molecule has 0 amide bonds. The summed E-state index contributed by atoms with van der Waals surface area (Å²) in [6.45, 7) is 4.99. The van der Waals surface area contributed by atoms with Crippen molar-refractivity contribution in [3.63, 3.8) is 0 Å². The number of rotatable bonds is 0. The minimum atomic E-state index is 0.755. The second-order valence-electron chi connectivity index (χ2n) is 3.84. The smallest absolute Gasteiger partial charge is 0.00153 e. The fraction of sp³-hybridized carbons (Fsp3) is 1.00. The Balaban J connectivity index is 2.05. The van der Waals surface area contributed by atoms with Crippen LogP contribution in [0, 0.1) is 11.3 Å². The maximum absolute atomic E-state index is 3.44. The van der Waals surface area contributed by atoms with E-state index in [0.29, 0.717) is 0 Å². The molecule has 52 valence electrons. The van der Waals surface area contributed by atoms with Gasteiger partial charge >= 0.3 is 0 Å². The lowest BCUT2D eigenvalue weighted by molar-refractivity contribution is 0.0177. The topological polar surface area (TPSA) is 12.0 Å². The van der Waals surface area contributed by atoms with Crippen LogP contribution in [0.15, 0.2) is 0 Å². The Morgan fingerprint density at radius 3 is 2.67 bits per heavy atom. The first-order valence-electron chi connectivity index (χ1n) is 4.02. The van der Waals surface area contributed by atoms with Gasteiger partial charge in [0.05, 0.1) is 0 Å². The first kappa shape index (κ1) is 5.72. The SMILES string of the molecule is CC12CCNCC1CC2. The van der Waals surface area contributed by atoms with Crippen molar-refractivity contribution in [2.75, 3.05) is 13.1 Å². The van der Waals surface area contributed by atoms with Crippen molar-refractivity contribution in [1.82, 2.24) is 5.32 Å². The van der Waals surface area contributed by atoms with Crippen LogP contribution < -0.4 is 5.32 Å². The van der Waals surface area contributed by atoms with Crippen molar-refractivity contribution >= 4 is 0 Å². The molecule has 1 saturated carbocycles. The van der Waals surface area contributed by atoms with Crippen LogP contribution in [-0.4, -0.2) is 13.1 Å². The van der Waals surface area contributed by atoms with E-state index in [4.69, 9.17) is 0 Å². The summed E-state index contributed by atoms with van der Waals surface area (Å²) in [4.78, 5) is 0. The third-order valence-electron chi connectivity index (χ3n) is 3.31. The Hall–Kier alpha value is -0.0400. The molecule has 0 aromatic carbocycles. The van der Waals surface area contributed by atoms with E-state index in [-0.39, 0.29) is 0 Å². The first-order valence-corrected chi connectivity index (χ1v) is 4.02. The summed E-state index contributed by atoms with van der Waals surface area (Å²) in [5.41, 5.74) is 0.755. The van der Waals surface area contributed by atoms with Crippen LogP contribution >= 0.6 is 0 Å². The van der Waals surface area contributed by atoms with Crippen molar-refractivity contribution in [2.24, 2.45) is 11.3 Å². The third kappa shape index (κ3) is 0.710. The fourth-order valence-corrected chi connectivity index (χ4v) is 2.17. The van der Waals surface area contributed by atoms with Crippen molar-refractivity contribution in [3.8, 4) is 0 Å². The molecule has 0 aromatic heterocycles. The van der Waals surface area contributed by atoms with Crippen molar-refractivity contribution in [1.29, 1.82) is 0 Å². The third-order valence-corrected chi connectivity index (χ3v) is 3.31. The lowest BCUT2D eigenvalue weighted by Crippen LogP contribution is -2.49. The zero-order valence-electron chi connectivity index (χ0n) is 6.11. The summed E-state index contributed by atoms with van der Waals surface area (Å²) >= 11 is 0. The van der Waals surface area contributed by atoms with Gasteiger partial charge in [0, 0.05) is 0 Å². The van der Waals surface area contributed by atoms with E-state index in [0.717, 1.165) is 11.3 Å². The zero-order valence-corrected chi connectivity index (χ0v) is 6.11. The second kappa shape index (κ2) is 1.72. The molecule has 2 aliphatic rings. The zero-order chi connectivity index (χ0) is 6.32. The van der Waals surface area contributed by atoms with Crippen LogP contribution in [0.1, 0.15) is 26.2 Å². The maximum atomic E-state index is 3.44. The van der Waals surface area contributed by atoms with Crippen LogP contribution in [0.25, 0.3) is 0 Å². The summed E-state index contributed by atoms with van der Waals surface area (Å²) in [5.74, 6) is 1.02. The van der Waals surface area contributed by atoms with Crippen LogP contribution in [0.4, 0.5) is 0 Å². The van der Waals surface area contributed by atoms with E-state index in [9.17, 15) is 0 Å². The molecule has 2 unspecified atom stereocenters. The van der Waals surface area contributed by atoms with Gasteiger partial charge in [0.15, 0.2) is 0 Å². The van der Waals surface area contributed by atoms with Gasteiger partial charge in [-0.1, -0.05) is 6.92 Å². The van der Waals surface area contributed by atoms with Crippen molar-refractivity contribution in [2.45, 2.75) is 26.2 Å². The number of hydrogen-bond donors (Lipinski definition) is 1. The Labute approximate surface area is 56.8 Å². The van der Waals surface area contributed by atoms with Crippen LogP contribution in [0.2, 0.25) is 0 Å². The predicted molar refractivity (Wildman–Crippen MR) is 38.3 cm³/mol. The molecule has 0 aromatic rings. The minimum Gasteiger partial charge on any atom is -0.316 e. The van der Waals surface area contributed by atoms with Gasteiger partial charge in [-0.2, -0.15) is 0 Å². The van der Waals surface area contributed by atoms with E-state index < -0.39 is 0 Å². The van der Waals surface area contributed by atoms with Crippen molar-refractivity contribution < 1.29 is 0 Å². The molecule has 1 nitrogen and oxygen atoms in total. The lowest BCUT2D eigenvalue weighted by atomic mass is 9.58. The Bertz CT molecular complexity index is 122. The molecule has 2 rings (SSSR count). The molecule has 1 heteroatoms. The highest BCUT2D eigenvalue weighted by Crippen LogP contribution is 2.49. The molecule has 1 saturated heterocycles. The number of hydrogen-bond acceptors (Lipinski definition) is 1. The van der Waals surface area contributed by atoms with Gasteiger partial charge in [-0.3, -0.25) is 0 Å². The van der Waals surface area contributed by atoms with E-state index in [1.54, 1.807) is 0 Å². The van der Waals surface area contributed by atoms with E-state index in [1.165, 1.54) is 32.4 Å². The number of nitrogens with one attached hydrogen (secondary N) is 1. The van der Waals surface area contributed by atoms with Gasteiger partial charge in [-0.05, 0) is 43.7 Å². The Morgan fingerprint density at radius 1 is 1.44 bits per heavy atom. The first-order chi connectivity index (χ1) is 4.31. The standard InChI is InChI=1S/C8H15N/c1-8-3-2-7(8)6-9-5-4-8/h7,9H,2-6H2,1H3. The summed E-state index contributed by atoms with van der Waals surface area (Å²) in [6.07, 6.45) is 4.38. The summed E-state index contributed by atoms with van der Waals surface area (Å²) in [7, 11) is 0. The quantitative estimate of drug-likeness (QED) is 0.516. The number of piperidine rings is 1. The van der Waals surface area contributed by atoms with Gasteiger partial charge < -0.3 is 5.32 Å². The molecule has 1 N–H and O–H groups in total. The summed E-state index contributed by atoms with van der Waals surface area (Å²) in [5, 5.41) is 3.44. The molecule has 2 fully saturated rings. The highest BCUT2D eigenvalue weighted by molar-refractivity contribution is 4.96. The molecular weight excluding hydrogens is 110 g/mol.